The van der Waals surface area contributed by atoms with Crippen LogP contribution in [0.4, 0.5) is 5.69 Å². The molecule has 152 valence electrons. The number of ether oxygens (including phenoxy) is 1. The lowest BCUT2D eigenvalue weighted by atomic mass is 10.0. The van der Waals surface area contributed by atoms with Gasteiger partial charge in [0.2, 0.25) is 17.8 Å². The minimum Gasteiger partial charge on any atom is -0.491 e. The van der Waals surface area contributed by atoms with Gasteiger partial charge in [-0.3, -0.25) is 19.8 Å². The van der Waals surface area contributed by atoms with Crippen molar-refractivity contribution in [2.75, 3.05) is 0 Å². The zero-order chi connectivity index (χ0) is 21.0. The van der Waals surface area contributed by atoms with Crippen molar-refractivity contribution in [3.8, 4) is 5.75 Å². The van der Waals surface area contributed by atoms with E-state index in [1.807, 2.05) is 45.0 Å². The first-order valence-electron chi connectivity index (χ1n) is 9.59. The number of carbonyl (C=O) groups is 2. The summed E-state index contributed by atoms with van der Waals surface area (Å²) in [6.07, 6.45) is 0.499. The van der Waals surface area contributed by atoms with Crippen molar-refractivity contribution in [1.82, 2.24) is 10.2 Å². The van der Waals surface area contributed by atoms with E-state index in [1.54, 1.807) is 24.3 Å². The summed E-state index contributed by atoms with van der Waals surface area (Å²) in [5, 5.41) is 3.41. The molecule has 0 aliphatic carbocycles. The van der Waals surface area contributed by atoms with E-state index in [0.717, 1.165) is 11.3 Å². The van der Waals surface area contributed by atoms with E-state index >= 15 is 0 Å². The van der Waals surface area contributed by atoms with Gasteiger partial charge in [0, 0.05) is 5.02 Å². The molecule has 1 saturated heterocycles. The third-order valence-corrected chi connectivity index (χ3v) is 4.73. The molecule has 1 fully saturated rings. The Kier molecular flexibility index (Phi) is 6.54. The number of nitrogens with zero attached hydrogens (tertiary/aromatic N) is 2. The molecule has 29 heavy (non-hydrogen) atoms. The number of nitrogens with one attached hydrogen (secondary N) is 1. The molecule has 0 aromatic heterocycles. The molecule has 2 amide bonds. The van der Waals surface area contributed by atoms with Gasteiger partial charge in [-0.25, -0.2) is 4.99 Å². The summed E-state index contributed by atoms with van der Waals surface area (Å²) in [7, 11) is 0. The van der Waals surface area contributed by atoms with Crippen molar-refractivity contribution >= 4 is 35.1 Å². The van der Waals surface area contributed by atoms with Crippen LogP contribution in [0, 0.1) is 5.92 Å². The van der Waals surface area contributed by atoms with Gasteiger partial charge in [0.05, 0.1) is 18.3 Å². The first-order chi connectivity index (χ1) is 13.9. The highest BCUT2D eigenvalue weighted by molar-refractivity contribution is 6.30. The Balaban J connectivity index is 1.89. The van der Waals surface area contributed by atoms with Crippen LogP contribution in [-0.2, 0) is 16.1 Å². The highest BCUT2D eigenvalue weighted by atomic mass is 35.5. The number of halogens is 1. The van der Waals surface area contributed by atoms with Gasteiger partial charge in [-0.15, -0.1) is 0 Å². The molecule has 2 aromatic carbocycles. The number of hydrogen-bond acceptors (Lipinski definition) is 4. The Morgan fingerprint density at radius 2 is 1.76 bits per heavy atom. The zero-order valence-electron chi connectivity index (χ0n) is 16.7. The van der Waals surface area contributed by atoms with Gasteiger partial charge in [-0.1, -0.05) is 30.7 Å². The first-order valence-corrected chi connectivity index (χ1v) is 9.97. The Morgan fingerprint density at radius 1 is 1.10 bits per heavy atom. The topological polar surface area (TPSA) is 71.0 Å². The quantitative estimate of drug-likeness (QED) is 0.717. The first kappa shape index (κ1) is 20.9. The summed E-state index contributed by atoms with van der Waals surface area (Å²) >= 11 is 5.96. The van der Waals surface area contributed by atoms with Gasteiger partial charge in [0.1, 0.15) is 11.7 Å². The summed E-state index contributed by atoms with van der Waals surface area (Å²) in [6.45, 7) is 6.02. The molecule has 1 aliphatic rings. The highest BCUT2D eigenvalue weighted by Gasteiger charge is 2.38. The molecule has 0 radical (unpaired) electrons. The molecule has 0 bridgehead atoms. The molecule has 1 N–H and O–H groups in total. The van der Waals surface area contributed by atoms with Crippen molar-refractivity contribution in [2.45, 2.75) is 39.8 Å². The molecule has 1 unspecified atom stereocenters. The number of hydrogen-bond donors (Lipinski definition) is 1. The maximum Gasteiger partial charge on any atom is 0.242 e. The predicted molar refractivity (Wildman–Crippen MR) is 113 cm³/mol. The van der Waals surface area contributed by atoms with Gasteiger partial charge >= 0.3 is 0 Å². The van der Waals surface area contributed by atoms with E-state index in [-0.39, 0.29) is 23.9 Å². The van der Waals surface area contributed by atoms with Crippen LogP contribution in [0.1, 0.15) is 32.8 Å². The van der Waals surface area contributed by atoms with Crippen LogP contribution in [0.15, 0.2) is 53.5 Å². The van der Waals surface area contributed by atoms with Crippen LogP contribution in [0.2, 0.25) is 5.02 Å². The van der Waals surface area contributed by atoms with Crippen molar-refractivity contribution < 1.29 is 14.3 Å². The van der Waals surface area contributed by atoms with Gasteiger partial charge in [0.15, 0.2) is 0 Å². The third kappa shape index (κ3) is 5.15. The lowest BCUT2D eigenvalue weighted by Gasteiger charge is -2.32. The minimum atomic E-state index is -0.719. The van der Waals surface area contributed by atoms with E-state index in [1.165, 1.54) is 4.90 Å². The summed E-state index contributed by atoms with van der Waals surface area (Å²) in [5.74, 6) is -0.356. The number of benzene rings is 2. The van der Waals surface area contributed by atoms with E-state index < -0.39 is 5.92 Å². The maximum absolute atomic E-state index is 13.0. The fourth-order valence-electron chi connectivity index (χ4n) is 3.04. The van der Waals surface area contributed by atoms with Gasteiger partial charge in [0.25, 0.3) is 0 Å². The average Bonchev–Trinajstić information content (AvgIpc) is 2.68. The zero-order valence-corrected chi connectivity index (χ0v) is 17.4. The largest absolute Gasteiger partial charge is 0.491 e. The maximum atomic E-state index is 13.0. The number of aliphatic imine (C=N–C) groups is 1. The Hall–Kier alpha value is -2.86. The molecule has 6 nitrogen and oxygen atoms in total. The molecule has 1 aliphatic heterocycles. The summed E-state index contributed by atoms with van der Waals surface area (Å²) in [6, 6.07) is 14.4. The second kappa shape index (κ2) is 9.09. The SMILES string of the molecule is CCC1C(=O)N/C(=N\c2ccc(OC(C)C)cc2)N(Cc2ccc(Cl)cc2)C1=O. The second-order valence-corrected chi connectivity index (χ2v) is 7.53. The van der Waals surface area contributed by atoms with E-state index in [9.17, 15) is 9.59 Å². The second-order valence-electron chi connectivity index (χ2n) is 7.10. The summed E-state index contributed by atoms with van der Waals surface area (Å²) in [5.41, 5.74) is 1.50. The van der Waals surface area contributed by atoms with E-state index in [4.69, 9.17) is 16.3 Å². The Bertz CT molecular complexity index is 908. The van der Waals surface area contributed by atoms with Crippen LogP contribution < -0.4 is 10.1 Å². The number of rotatable bonds is 6. The number of guanidine groups is 1. The van der Waals surface area contributed by atoms with Crippen LogP contribution >= 0.6 is 11.6 Å². The molecule has 0 saturated carbocycles. The van der Waals surface area contributed by atoms with Gasteiger partial charge < -0.3 is 4.74 Å². The molecule has 2 aromatic rings. The fourth-order valence-corrected chi connectivity index (χ4v) is 3.16. The molecular formula is C22H24ClN3O3. The third-order valence-electron chi connectivity index (χ3n) is 4.48. The molecular weight excluding hydrogens is 390 g/mol. The predicted octanol–water partition coefficient (Wildman–Crippen LogP) is 4.30. The van der Waals surface area contributed by atoms with Gasteiger partial charge in [-0.2, -0.15) is 0 Å². The number of amides is 2. The average molecular weight is 414 g/mol. The molecule has 1 atom stereocenters. The Morgan fingerprint density at radius 3 is 2.34 bits per heavy atom. The van der Waals surface area contributed by atoms with Crippen molar-refractivity contribution in [3.63, 3.8) is 0 Å². The molecule has 1 heterocycles. The highest BCUT2D eigenvalue weighted by Crippen LogP contribution is 2.23. The molecule has 0 spiro atoms. The van der Waals surface area contributed by atoms with Crippen LogP contribution in [0.5, 0.6) is 5.75 Å². The van der Waals surface area contributed by atoms with Crippen molar-refractivity contribution in [3.05, 3.63) is 59.1 Å². The van der Waals surface area contributed by atoms with Crippen LogP contribution in [0.3, 0.4) is 0 Å². The van der Waals surface area contributed by atoms with E-state index in [2.05, 4.69) is 10.3 Å². The lowest BCUT2D eigenvalue weighted by Crippen LogP contribution is -2.58. The summed E-state index contributed by atoms with van der Waals surface area (Å²) in [4.78, 5) is 31.4. The fraction of sp³-hybridized carbons (Fsp3) is 0.318. The lowest BCUT2D eigenvalue weighted by molar-refractivity contribution is -0.141. The monoisotopic (exact) mass is 413 g/mol. The van der Waals surface area contributed by atoms with Crippen molar-refractivity contribution in [2.24, 2.45) is 10.9 Å². The standard InChI is InChI=1S/C22H24ClN3O3/c1-4-19-20(27)25-22(24-17-9-11-18(12-10-17)29-14(2)3)26(21(19)28)13-15-5-7-16(23)8-6-15/h5-12,14,19H,4,13H2,1-3H3,(H,24,25,27). The smallest absolute Gasteiger partial charge is 0.242 e. The Labute approximate surface area is 175 Å². The number of carbonyl (C=O) groups excluding carboxylic acids is 2. The summed E-state index contributed by atoms with van der Waals surface area (Å²) < 4.78 is 5.64. The minimum absolute atomic E-state index is 0.0725. The normalized spacial score (nSPS) is 18.3. The van der Waals surface area contributed by atoms with Crippen LogP contribution in [0.25, 0.3) is 0 Å². The van der Waals surface area contributed by atoms with Crippen LogP contribution in [-0.4, -0.2) is 28.8 Å². The van der Waals surface area contributed by atoms with E-state index in [0.29, 0.717) is 23.7 Å². The molecule has 3 rings (SSSR count). The van der Waals surface area contributed by atoms with Gasteiger partial charge in [-0.05, 0) is 62.2 Å². The van der Waals surface area contributed by atoms with Crippen molar-refractivity contribution in [1.29, 1.82) is 0 Å². The molecule has 7 heteroatoms.